The first-order chi connectivity index (χ1) is 11.0. The molecule has 23 heavy (non-hydrogen) atoms. The van der Waals surface area contributed by atoms with E-state index in [9.17, 15) is 14.4 Å². The molecule has 0 unspecified atom stereocenters. The van der Waals surface area contributed by atoms with E-state index in [0.29, 0.717) is 10.7 Å². The van der Waals surface area contributed by atoms with Gasteiger partial charge in [-0.05, 0) is 12.1 Å². The van der Waals surface area contributed by atoms with Gasteiger partial charge in [0.25, 0.3) is 5.56 Å². The number of nitrogens with zero attached hydrogens (tertiary/aromatic N) is 2. The van der Waals surface area contributed by atoms with Gasteiger partial charge in [-0.3, -0.25) is 19.1 Å². The molecule has 2 heterocycles. The largest absolute Gasteiger partial charge is 0.329 e. The summed E-state index contributed by atoms with van der Waals surface area (Å²) in [5.41, 5.74) is 0.0161. The zero-order valence-corrected chi connectivity index (χ0v) is 14.3. The lowest BCUT2D eigenvalue weighted by atomic mass is 10.2. The smallest absolute Gasteiger partial charge is 0.327 e. The van der Waals surface area contributed by atoms with Crippen molar-refractivity contribution in [1.82, 2.24) is 19.5 Å². The molecule has 0 spiro atoms. The number of imidazole rings is 1. The maximum atomic E-state index is 12.1. The van der Waals surface area contributed by atoms with Crippen LogP contribution in [-0.4, -0.2) is 31.1 Å². The van der Waals surface area contributed by atoms with Gasteiger partial charge in [0.1, 0.15) is 0 Å². The Morgan fingerprint density at radius 1 is 1.26 bits per heavy atom. The van der Waals surface area contributed by atoms with E-state index in [1.54, 1.807) is 24.3 Å². The number of carbonyl (C=O) groups excluding carboxylic acids is 1. The summed E-state index contributed by atoms with van der Waals surface area (Å²) in [6.07, 6.45) is 0. The normalized spacial score (nSPS) is 11.0. The lowest BCUT2D eigenvalue weighted by Crippen LogP contribution is -2.32. The van der Waals surface area contributed by atoms with E-state index >= 15 is 0 Å². The number of hydrogen-bond donors (Lipinski definition) is 2. The van der Waals surface area contributed by atoms with Crippen molar-refractivity contribution in [3.05, 3.63) is 55.1 Å². The molecule has 0 aliphatic rings. The number of fused-ring (bicyclic) bond motifs is 1. The van der Waals surface area contributed by atoms with Crippen LogP contribution in [0.4, 0.5) is 0 Å². The van der Waals surface area contributed by atoms with Crippen molar-refractivity contribution in [2.75, 3.05) is 5.75 Å². The topological polar surface area (TPSA) is 101 Å². The minimum atomic E-state index is -0.531. The van der Waals surface area contributed by atoms with Crippen molar-refractivity contribution in [1.29, 1.82) is 0 Å². The zero-order chi connectivity index (χ0) is 16.6. The highest BCUT2D eigenvalue weighted by atomic mass is 79.9. The number of H-pyrrole nitrogens is 2. The minimum Gasteiger partial charge on any atom is -0.327 e. The summed E-state index contributed by atoms with van der Waals surface area (Å²) >= 11 is 4.49. The molecule has 0 radical (unpaired) electrons. The van der Waals surface area contributed by atoms with Crippen LogP contribution < -0.4 is 11.2 Å². The average Bonchev–Trinajstić information content (AvgIpc) is 2.94. The van der Waals surface area contributed by atoms with Gasteiger partial charge in [0.05, 0.1) is 5.75 Å². The predicted octanol–water partition coefficient (Wildman–Crippen LogP) is 1.69. The van der Waals surface area contributed by atoms with Crippen LogP contribution in [0.2, 0.25) is 0 Å². The number of aromatic nitrogens is 4. The lowest BCUT2D eigenvalue weighted by molar-refractivity contribution is 0.102. The molecule has 0 aliphatic carbocycles. The van der Waals surface area contributed by atoms with E-state index in [0.717, 1.165) is 9.04 Å². The number of thioether (sulfide) groups is 1. The Bertz CT molecular complexity index is 1000. The Morgan fingerprint density at radius 2 is 1.96 bits per heavy atom. The number of Topliss-reactive ketones (excluding diaryl/α,β-unsaturated/α-hetero) is 1. The second kappa shape index (κ2) is 6.17. The van der Waals surface area contributed by atoms with Gasteiger partial charge < -0.3 is 4.98 Å². The molecule has 9 heteroatoms. The number of benzene rings is 1. The fourth-order valence-electron chi connectivity index (χ4n) is 1.96. The van der Waals surface area contributed by atoms with Gasteiger partial charge in [-0.15, -0.1) is 0 Å². The SMILES string of the molecule is Cn1c(=O)[nH]c2nc(SCC(=O)c3ccc(Br)cc3)[nH]c2c1=O. The Hall–Kier alpha value is -2.13. The first kappa shape index (κ1) is 15.8. The van der Waals surface area contributed by atoms with E-state index in [4.69, 9.17) is 0 Å². The molecule has 3 rings (SSSR count). The fraction of sp³-hybridized carbons (Fsp3) is 0.143. The third-order valence-electron chi connectivity index (χ3n) is 3.24. The van der Waals surface area contributed by atoms with Gasteiger partial charge in [-0.25, -0.2) is 9.78 Å². The van der Waals surface area contributed by atoms with E-state index in [2.05, 4.69) is 30.9 Å². The maximum absolute atomic E-state index is 12.1. The Balaban J connectivity index is 1.81. The summed E-state index contributed by atoms with van der Waals surface area (Å²) in [4.78, 5) is 45.1. The highest BCUT2D eigenvalue weighted by molar-refractivity contribution is 9.10. The van der Waals surface area contributed by atoms with Gasteiger partial charge in [0.15, 0.2) is 22.1 Å². The van der Waals surface area contributed by atoms with Gasteiger partial charge in [0.2, 0.25) is 0 Å². The second-order valence-corrected chi connectivity index (χ2v) is 6.66. The lowest BCUT2D eigenvalue weighted by Gasteiger charge is -1.99. The van der Waals surface area contributed by atoms with Crippen LogP contribution in [-0.2, 0) is 7.05 Å². The summed E-state index contributed by atoms with van der Waals surface area (Å²) in [5.74, 6) is 0.121. The predicted molar refractivity (Wildman–Crippen MR) is 91.2 cm³/mol. The first-order valence-corrected chi connectivity index (χ1v) is 8.34. The second-order valence-electron chi connectivity index (χ2n) is 4.78. The first-order valence-electron chi connectivity index (χ1n) is 6.56. The van der Waals surface area contributed by atoms with E-state index in [1.165, 1.54) is 18.8 Å². The number of ketones is 1. The molecular weight excluding hydrogens is 384 g/mol. The molecule has 0 aliphatic heterocycles. The molecule has 7 nitrogen and oxygen atoms in total. The molecule has 2 N–H and O–H groups in total. The fourth-order valence-corrected chi connectivity index (χ4v) is 2.99. The van der Waals surface area contributed by atoms with E-state index in [-0.39, 0.29) is 22.7 Å². The zero-order valence-electron chi connectivity index (χ0n) is 11.9. The van der Waals surface area contributed by atoms with Crippen molar-refractivity contribution in [3.8, 4) is 0 Å². The highest BCUT2D eigenvalue weighted by Gasteiger charge is 2.12. The molecule has 0 saturated carbocycles. The Morgan fingerprint density at radius 3 is 2.65 bits per heavy atom. The molecule has 2 aromatic heterocycles. The van der Waals surface area contributed by atoms with Crippen LogP contribution in [0.1, 0.15) is 10.4 Å². The van der Waals surface area contributed by atoms with Crippen LogP contribution in [0.25, 0.3) is 11.2 Å². The molecule has 3 aromatic rings. The van der Waals surface area contributed by atoms with Gasteiger partial charge in [-0.1, -0.05) is 39.8 Å². The standard InChI is InChI=1S/C14H11BrN4O3S/c1-19-12(21)10-11(18-14(19)22)17-13(16-10)23-6-9(20)7-2-4-8(15)5-3-7/h2-5H,6H2,1H3,(H,16,17)(H,18,22). The number of rotatable bonds is 4. The maximum Gasteiger partial charge on any atom is 0.329 e. The highest BCUT2D eigenvalue weighted by Crippen LogP contribution is 2.18. The summed E-state index contributed by atoms with van der Waals surface area (Å²) in [5, 5.41) is 0.407. The van der Waals surface area contributed by atoms with E-state index in [1.807, 2.05) is 0 Å². The van der Waals surface area contributed by atoms with Crippen molar-refractivity contribution in [2.45, 2.75) is 5.16 Å². The van der Waals surface area contributed by atoms with Crippen molar-refractivity contribution < 1.29 is 4.79 Å². The molecule has 0 fully saturated rings. The van der Waals surface area contributed by atoms with Crippen molar-refractivity contribution in [2.24, 2.45) is 7.05 Å². The van der Waals surface area contributed by atoms with Gasteiger partial charge >= 0.3 is 5.69 Å². The number of halogens is 1. The number of carbonyl (C=O) groups is 1. The molecule has 0 amide bonds. The van der Waals surface area contributed by atoms with Crippen LogP contribution >= 0.6 is 27.7 Å². The number of hydrogen-bond acceptors (Lipinski definition) is 5. The molecule has 0 atom stereocenters. The van der Waals surface area contributed by atoms with Crippen LogP contribution in [0.3, 0.4) is 0 Å². The van der Waals surface area contributed by atoms with Crippen molar-refractivity contribution in [3.63, 3.8) is 0 Å². The third-order valence-corrected chi connectivity index (χ3v) is 4.64. The third kappa shape index (κ3) is 3.15. The van der Waals surface area contributed by atoms with Gasteiger partial charge in [0, 0.05) is 17.1 Å². The van der Waals surface area contributed by atoms with Crippen LogP contribution in [0.5, 0.6) is 0 Å². The molecule has 118 valence electrons. The average molecular weight is 395 g/mol. The van der Waals surface area contributed by atoms with Crippen LogP contribution in [0.15, 0.2) is 43.5 Å². The Kier molecular flexibility index (Phi) is 4.22. The summed E-state index contributed by atoms with van der Waals surface area (Å²) in [7, 11) is 1.38. The summed E-state index contributed by atoms with van der Waals surface area (Å²) in [6.45, 7) is 0. The van der Waals surface area contributed by atoms with E-state index < -0.39 is 11.2 Å². The summed E-state index contributed by atoms with van der Waals surface area (Å²) < 4.78 is 1.86. The summed E-state index contributed by atoms with van der Waals surface area (Å²) in [6, 6.07) is 7.07. The minimum absolute atomic E-state index is 0.0515. The molecule has 0 bridgehead atoms. The molecular formula is C14H11BrN4O3S. The quantitative estimate of drug-likeness (QED) is 0.517. The van der Waals surface area contributed by atoms with Crippen molar-refractivity contribution >= 4 is 44.6 Å². The molecule has 0 saturated heterocycles. The number of nitrogens with one attached hydrogen (secondary N) is 2. The number of aromatic amines is 2. The molecule has 1 aromatic carbocycles. The monoisotopic (exact) mass is 394 g/mol. The Labute approximate surface area is 142 Å². The van der Waals surface area contributed by atoms with Crippen LogP contribution in [0, 0.1) is 0 Å². The van der Waals surface area contributed by atoms with Gasteiger partial charge in [-0.2, -0.15) is 0 Å².